The van der Waals surface area contributed by atoms with E-state index in [0.717, 1.165) is 62.9 Å². The minimum absolute atomic E-state index is 0.190. The number of aryl methyl sites for hydroxylation is 1. The van der Waals surface area contributed by atoms with Crippen LogP contribution < -0.4 is 4.90 Å². The number of nitrogens with zero attached hydrogens (tertiary/aromatic N) is 4. The minimum atomic E-state index is -3.29. The number of rotatable bonds is 6. The SMILES string of the molecule is Cc1nc(N2CCC(N3CCCC(C(=O)CC(C)C)C3)CC2)nc2cc(S(C)(=O)=O)ccc12. The van der Waals surface area contributed by atoms with Gasteiger partial charge >= 0.3 is 0 Å². The van der Waals surface area contributed by atoms with Gasteiger partial charge in [-0.25, -0.2) is 18.4 Å². The molecule has 2 aliphatic rings. The number of Topliss-reactive ketones (excluding diaryl/α,β-unsaturated/α-hetero) is 1. The number of hydrogen-bond acceptors (Lipinski definition) is 7. The molecule has 8 heteroatoms. The van der Waals surface area contributed by atoms with Crippen LogP contribution in [0.4, 0.5) is 5.95 Å². The standard InChI is InChI=1S/C25H36N4O3S/c1-17(2)14-24(30)19-6-5-11-29(16-19)20-9-12-28(13-10-20)25-26-18(3)22-8-7-21(33(4,31)32)15-23(22)27-25/h7-8,15,17,19-20H,5-6,9-14,16H2,1-4H3. The molecule has 180 valence electrons. The van der Waals surface area contributed by atoms with E-state index in [1.165, 1.54) is 6.26 Å². The molecule has 0 amide bonds. The molecule has 7 nitrogen and oxygen atoms in total. The fourth-order valence-electron chi connectivity index (χ4n) is 5.23. The molecule has 1 unspecified atom stereocenters. The third kappa shape index (κ3) is 5.54. The molecule has 1 aromatic heterocycles. The van der Waals surface area contributed by atoms with E-state index in [2.05, 4.69) is 23.6 Å². The highest BCUT2D eigenvalue weighted by atomic mass is 32.2. The molecule has 0 aliphatic carbocycles. The van der Waals surface area contributed by atoms with Crippen LogP contribution in [-0.2, 0) is 14.6 Å². The second kappa shape index (κ2) is 9.66. The lowest BCUT2D eigenvalue weighted by Crippen LogP contribution is -2.49. The van der Waals surface area contributed by atoms with Crippen molar-refractivity contribution in [3.63, 3.8) is 0 Å². The van der Waals surface area contributed by atoms with Crippen molar-refractivity contribution in [1.82, 2.24) is 14.9 Å². The summed E-state index contributed by atoms with van der Waals surface area (Å²) >= 11 is 0. The summed E-state index contributed by atoms with van der Waals surface area (Å²) in [4.78, 5) is 27.1. The van der Waals surface area contributed by atoms with E-state index in [9.17, 15) is 13.2 Å². The van der Waals surface area contributed by atoms with Gasteiger partial charge in [-0.1, -0.05) is 13.8 Å². The lowest BCUT2D eigenvalue weighted by molar-refractivity contribution is -0.125. The van der Waals surface area contributed by atoms with Crippen LogP contribution in [0.1, 0.15) is 51.6 Å². The number of fused-ring (bicyclic) bond motifs is 1. The topological polar surface area (TPSA) is 83.5 Å². The van der Waals surface area contributed by atoms with Crippen LogP contribution in [0.2, 0.25) is 0 Å². The van der Waals surface area contributed by atoms with Gasteiger partial charge in [0.05, 0.1) is 16.1 Å². The fraction of sp³-hybridized carbons (Fsp3) is 0.640. The summed E-state index contributed by atoms with van der Waals surface area (Å²) in [5.41, 5.74) is 1.53. The van der Waals surface area contributed by atoms with Crippen LogP contribution in [0.5, 0.6) is 0 Å². The Morgan fingerprint density at radius 1 is 1.12 bits per heavy atom. The lowest BCUT2D eigenvalue weighted by atomic mass is 9.88. The van der Waals surface area contributed by atoms with E-state index >= 15 is 0 Å². The Bertz CT molecular complexity index is 1120. The number of ketones is 1. The molecule has 2 aliphatic heterocycles. The molecule has 1 atom stereocenters. The second-order valence-electron chi connectivity index (χ2n) is 10.2. The third-order valence-corrected chi connectivity index (χ3v) is 8.17. The van der Waals surface area contributed by atoms with Crippen LogP contribution in [-0.4, -0.2) is 67.5 Å². The van der Waals surface area contributed by atoms with E-state index in [4.69, 9.17) is 9.97 Å². The fourth-order valence-corrected chi connectivity index (χ4v) is 5.87. The number of hydrogen-bond donors (Lipinski definition) is 0. The van der Waals surface area contributed by atoms with Gasteiger partial charge < -0.3 is 4.90 Å². The molecular weight excluding hydrogens is 436 g/mol. The number of aromatic nitrogens is 2. The van der Waals surface area contributed by atoms with Crippen LogP contribution in [0.15, 0.2) is 23.1 Å². The van der Waals surface area contributed by atoms with E-state index in [1.807, 2.05) is 6.92 Å². The highest BCUT2D eigenvalue weighted by Gasteiger charge is 2.32. The molecule has 0 spiro atoms. The Morgan fingerprint density at radius 3 is 2.52 bits per heavy atom. The van der Waals surface area contributed by atoms with Crippen LogP contribution in [0.3, 0.4) is 0 Å². The van der Waals surface area contributed by atoms with Crippen LogP contribution in [0, 0.1) is 18.8 Å². The maximum absolute atomic E-state index is 12.6. The smallest absolute Gasteiger partial charge is 0.226 e. The Hall–Kier alpha value is -2.06. The molecule has 3 heterocycles. The van der Waals surface area contributed by atoms with E-state index in [0.29, 0.717) is 35.6 Å². The quantitative estimate of drug-likeness (QED) is 0.635. The van der Waals surface area contributed by atoms with Crippen molar-refractivity contribution in [2.75, 3.05) is 37.3 Å². The van der Waals surface area contributed by atoms with Crippen LogP contribution in [0.25, 0.3) is 10.9 Å². The number of piperidine rings is 2. The first-order chi connectivity index (χ1) is 15.6. The average Bonchev–Trinajstić information content (AvgIpc) is 2.78. The summed E-state index contributed by atoms with van der Waals surface area (Å²) in [6, 6.07) is 5.56. The van der Waals surface area contributed by atoms with E-state index < -0.39 is 9.84 Å². The predicted octanol–water partition coefficient (Wildman–Crippen LogP) is 3.64. The summed E-state index contributed by atoms with van der Waals surface area (Å²) in [5, 5.41) is 0.881. The summed E-state index contributed by atoms with van der Waals surface area (Å²) in [7, 11) is -3.29. The minimum Gasteiger partial charge on any atom is -0.341 e. The molecule has 0 radical (unpaired) electrons. The highest BCUT2D eigenvalue weighted by Crippen LogP contribution is 2.28. The zero-order valence-electron chi connectivity index (χ0n) is 20.2. The number of carbonyl (C=O) groups is 1. The van der Waals surface area contributed by atoms with E-state index in [1.54, 1.807) is 18.2 Å². The number of carbonyl (C=O) groups excluding carboxylic acids is 1. The predicted molar refractivity (Wildman–Crippen MR) is 131 cm³/mol. The van der Waals surface area contributed by atoms with Gasteiger partial charge in [-0.3, -0.25) is 9.69 Å². The average molecular weight is 473 g/mol. The number of likely N-dealkylation sites (tertiary alicyclic amines) is 1. The summed E-state index contributed by atoms with van der Waals surface area (Å²) < 4.78 is 23.9. The Balaban J connectivity index is 1.44. The molecule has 4 rings (SSSR count). The Labute approximate surface area is 197 Å². The summed E-state index contributed by atoms with van der Waals surface area (Å²) in [5.74, 6) is 1.72. The summed E-state index contributed by atoms with van der Waals surface area (Å²) in [6.45, 7) is 9.89. The number of anilines is 1. The van der Waals surface area contributed by atoms with Crippen molar-refractivity contribution in [3.05, 3.63) is 23.9 Å². The molecule has 2 saturated heterocycles. The normalized spacial score (nSPS) is 21.1. The van der Waals surface area contributed by atoms with Gasteiger partial charge in [0.2, 0.25) is 5.95 Å². The van der Waals surface area contributed by atoms with Crippen molar-refractivity contribution in [2.45, 2.75) is 63.8 Å². The van der Waals surface area contributed by atoms with Gasteiger partial charge in [0.15, 0.2) is 9.84 Å². The van der Waals surface area contributed by atoms with Gasteiger partial charge in [-0.2, -0.15) is 0 Å². The van der Waals surface area contributed by atoms with Gasteiger partial charge in [0.1, 0.15) is 5.78 Å². The molecule has 33 heavy (non-hydrogen) atoms. The van der Waals surface area contributed by atoms with Gasteiger partial charge in [-0.05, 0) is 63.3 Å². The van der Waals surface area contributed by atoms with Gasteiger partial charge in [0.25, 0.3) is 0 Å². The first-order valence-electron chi connectivity index (χ1n) is 12.1. The van der Waals surface area contributed by atoms with Gasteiger partial charge in [0, 0.05) is 49.7 Å². The largest absolute Gasteiger partial charge is 0.341 e. The Morgan fingerprint density at radius 2 is 1.85 bits per heavy atom. The molecule has 0 N–H and O–H groups in total. The zero-order chi connectivity index (χ0) is 23.8. The second-order valence-corrected chi connectivity index (χ2v) is 12.2. The van der Waals surface area contributed by atoms with E-state index in [-0.39, 0.29) is 10.8 Å². The summed E-state index contributed by atoms with van der Waals surface area (Å²) in [6.07, 6.45) is 6.08. The van der Waals surface area contributed by atoms with Crippen molar-refractivity contribution in [3.8, 4) is 0 Å². The molecular formula is C25H36N4O3S. The molecule has 1 aromatic carbocycles. The first-order valence-corrected chi connectivity index (χ1v) is 14.0. The number of benzene rings is 1. The third-order valence-electron chi connectivity index (χ3n) is 7.06. The molecule has 2 aromatic rings. The zero-order valence-corrected chi connectivity index (χ0v) is 21.1. The molecule has 0 bridgehead atoms. The monoisotopic (exact) mass is 472 g/mol. The van der Waals surface area contributed by atoms with Gasteiger partial charge in [-0.15, -0.1) is 0 Å². The highest BCUT2D eigenvalue weighted by molar-refractivity contribution is 7.90. The maximum atomic E-state index is 12.6. The molecule has 0 saturated carbocycles. The van der Waals surface area contributed by atoms with Crippen molar-refractivity contribution in [2.24, 2.45) is 11.8 Å². The van der Waals surface area contributed by atoms with Crippen molar-refractivity contribution >= 4 is 32.5 Å². The number of sulfone groups is 1. The lowest BCUT2D eigenvalue weighted by Gasteiger charge is -2.42. The van der Waals surface area contributed by atoms with Crippen molar-refractivity contribution < 1.29 is 13.2 Å². The molecule has 2 fully saturated rings. The Kier molecular flexibility index (Phi) is 7.05. The van der Waals surface area contributed by atoms with Crippen molar-refractivity contribution in [1.29, 1.82) is 0 Å². The first kappa shape index (κ1) is 24.1. The maximum Gasteiger partial charge on any atom is 0.226 e. The van der Waals surface area contributed by atoms with Crippen LogP contribution >= 0.6 is 0 Å².